The average Bonchev–Trinajstić information content (AvgIpc) is 2.28. The maximum absolute atomic E-state index is 11.5. The van der Waals surface area contributed by atoms with Crippen molar-refractivity contribution < 1.29 is 33.6 Å². The second kappa shape index (κ2) is 10.3. The van der Waals surface area contributed by atoms with E-state index in [-0.39, 0.29) is 32.7 Å². The summed E-state index contributed by atoms with van der Waals surface area (Å²) in [5, 5.41) is 18.3. The van der Waals surface area contributed by atoms with Crippen LogP contribution in [0, 0.1) is 0 Å². The highest BCUT2D eigenvalue weighted by atomic mass is 31.2. The lowest BCUT2D eigenvalue weighted by Crippen LogP contribution is -2.29. The van der Waals surface area contributed by atoms with Gasteiger partial charge in [0, 0.05) is 19.5 Å². The minimum Gasteiger partial charge on any atom is -0.395 e. The van der Waals surface area contributed by atoms with E-state index < -0.39 is 13.8 Å². The van der Waals surface area contributed by atoms with Crippen LogP contribution in [0.3, 0.4) is 0 Å². The van der Waals surface area contributed by atoms with E-state index in [0.717, 1.165) is 17.9 Å². The quantitative estimate of drug-likeness (QED) is 0.286. The van der Waals surface area contributed by atoms with Crippen LogP contribution in [0.25, 0.3) is 0 Å². The van der Waals surface area contributed by atoms with Crippen molar-refractivity contribution in [1.29, 1.82) is 0 Å². The molecule has 1 atom stereocenters. The number of carbonyl (C=O) groups is 1. The third-order valence-corrected chi connectivity index (χ3v) is 2.99. The summed E-state index contributed by atoms with van der Waals surface area (Å²) in [4.78, 5) is 20.6. The molecule has 19 heavy (non-hydrogen) atoms. The molecule has 9 heteroatoms. The van der Waals surface area contributed by atoms with E-state index in [1.54, 1.807) is 0 Å². The number of unbranched alkanes of at least 4 members (excludes halogenated alkanes) is 2. The van der Waals surface area contributed by atoms with Gasteiger partial charge in [0.2, 0.25) is 0 Å². The summed E-state index contributed by atoms with van der Waals surface area (Å²) < 4.78 is 20.4. The number of phosphoric acid groups is 1. The van der Waals surface area contributed by atoms with Crippen molar-refractivity contribution in [2.45, 2.75) is 32.6 Å². The molecule has 0 aromatic rings. The van der Waals surface area contributed by atoms with Gasteiger partial charge < -0.3 is 14.7 Å². The Morgan fingerprint density at radius 1 is 1.21 bits per heavy atom. The number of aliphatic hydroxyl groups is 2. The first kappa shape index (κ1) is 18.5. The molecule has 114 valence electrons. The fourth-order valence-corrected chi connectivity index (χ4v) is 2.11. The molecule has 0 saturated heterocycles. The van der Waals surface area contributed by atoms with Crippen molar-refractivity contribution in [1.82, 2.24) is 5.06 Å². The molecule has 3 N–H and O–H groups in total. The van der Waals surface area contributed by atoms with E-state index in [1.165, 1.54) is 0 Å². The van der Waals surface area contributed by atoms with Gasteiger partial charge in [0.15, 0.2) is 0 Å². The van der Waals surface area contributed by atoms with Crippen molar-refractivity contribution >= 4 is 13.8 Å². The maximum atomic E-state index is 11.5. The van der Waals surface area contributed by atoms with Crippen LogP contribution in [0.15, 0.2) is 0 Å². The molecule has 0 amide bonds. The minimum atomic E-state index is -4.56. The lowest BCUT2D eigenvalue weighted by molar-refractivity contribution is -0.142. The largest absolute Gasteiger partial charge is 0.546 e. The Labute approximate surface area is 112 Å². The first-order valence-corrected chi connectivity index (χ1v) is 7.66. The van der Waals surface area contributed by atoms with Crippen LogP contribution >= 0.6 is 7.82 Å². The molecule has 0 aliphatic heterocycles. The Balaban J connectivity index is 4.20. The molecule has 0 bridgehead atoms. The summed E-state index contributed by atoms with van der Waals surface area (Å²) in [5.41, 5.74) is 0. The van der Waals surface area contributed by atoms with E-state index in [2.05, 4.69) is 9.15 Å². The van der Waals surface area contributed by atoms with E-state index in [4.69, 9.17) is 10.2 Å². The Kier molecular flexibility index (Phi) is 10.0. The summed E-state index contributed by atoms with van der Waals surface area (Å²) in [6.45, 7) is 1.14. The number of phosphoric ester groups is 1. The first-order chi connectivity index (χ1) is 8.95. The van der Waals surface area contributed by atoms with Crippen molar-refractivity contribution in [3.8, 4) is 0 Å². The highest BCUT2D eigenvalue weighted by Crippen LogP contribution is 2.44. The zero-order valence-electron chi connectivity index (χ0n) is 11.0. The first-order valence-electron chi connectivity index (χ1n) is 6.16. The monoisotopic (exact) mass is 299 g/mol. The molecule has 0 spiro atoms. The number of carbonyl (C=O) groups excluding carboxylic acids is 1. The van der Waals surface area contributed by atoms with Crippen molar-refractivity contribution in [2.75, 3.05) is 26.3 Å². The average molecular weight is 299 g/mol. The van der Waals surface area contributed by atoms with E-state index in [9.17, 15) is 14.3 Å². The van der Waals surface area contributed by atoms with Crippen LogP contribution in [-0.4, -0.2) is 52.4 Å². The van der Waals surface area contributed by atoms with Gasteiger partial charge in [0.05, 0.1) is 13.2 Å². The standard InChI is InChI=1S/C10H22NO7P/c1-2-3-4-5-10(14)17-19(15,16)18-11(6-8-12)7-9-13/h12-13H,2-9H2,1H3,(H,15,16). The summed E-state index contributed by atoms with van der Waals surface area (Å²) in [7, 11) is -4.56. The van der Waals surface area contributed by atoms with Crippen molar-refractivity contribution in [2.24, 2.45) is 0 Å². The van der Waals surface area contributed by atoms with Gasteiger partial charge in [-0.1, -0.05) is 19.8 Å². The van der Waals surface area contributed by atoms with Gasteiger partial charge in [-0.05, 0) is 6.42 Å². The molecule has 0 aliphatic rings. The van der Waals surface area contributed by atoms with Gasteiger partial charge >= 0.3 is 13.8 Å². The van der Waals surface area contributed by atoms with E-state index in [1.807, 2.05) is 6.92 Å². The van der Waals surface area contributed by atoms with Crippen LogP contribution in [0.2, 0.25) is 0 Å². The Bertz CT molecular complexity index is 294. The molecular weight excluding hydrogens is 277 g/mol. The van der Waals surface area contributed by atoms with Gasteiger partial charge in [0.1, 0.15) is 0 Å². The number of rotatable bonds is 11. The highest BCUT2D eigenvalue weighted by molar-refractivity contribution is 7.47. The zero-order valence-corrected chi connectivity index (χ0v) is 11.9. The molecule has 0 aromatic heterocycles. The van der Waals surface area contributed by atoms with E-state index >= 15 is 0 Å². The van der Waals surface area contributed by atoms with Crippen LogP contribution in [-0.2, 0) is 18.5 Å². The lowest BCUT2D eigenvalue weighted by Gasteiger charge is -2.21. The zero-order chi connectivity index (χ0) is 14.7. The molecule has 0 saturated carbocycles. The second-order valence-corrected chi connectivity index (χ2v) is 5.13. The van der Waals surface area contributed by atoms with Gasteiger partial charge in [-0.3, -0.25) is 9.69 Å². The molecule has 8 nitrogen and oxygen atoms in total. The number of nitrogens with zero attached hydrogens (tertiary/aromatic N) is 1. The molecule has 0 heterocycles. The summed E-state index contributed by atoms with van der Waals surface area (Å²) in [6, 6.07) is 0. The van der Waals surface area contributed by atoms with Crippen molar-refractivity contribution in [3.05, 3.63) is 0 Å². The predicted octanol–water partition coefficient (Wildman–Crippen LogP) is 0.429. The fourth-order valence-electron chi connectivity index (χ4n) is 1.27. The molecule has 0 aliphatic carbocycles. The van der Waals surface area contributed by atoms with Crippen LogP contribution in [0.1, 0.15) is 32.6 Å². The normalized spacial score (nSPS) is 14.4. The number of hydrogen-bond acceptors (Lipinski definition) is 7. The maximum Gasteiger partial charge on any atom is 0.546 e. The van der Waals surface area contributed by atoms with Crippen molar-refractivity contribution in [3.63, 3.8) is 0 Å². The lowest BCUT2D eigenvalue weighted by atomic mass is 10.2. The SMILES string of the molecule is CCCCCC(=O)OP(=O)(O)ON(CCO)CCO. The van der Waals surface area contributed by atoms with Crippen LogP contribution in [0.4, 0.5) is 0 Å². The van der Waals surface area contributed by atoms with Crippen LogP contribution in [0.5, 0.6) is 0 Å². The molecule has 1 unspecified atom stereocenters. The molecule has 0 fully saturated rings. The topological polar surface area (TPSA) is 117 Å². The van der Waals surface area contributed by atoms with Gasteiger partial charge in [0.25, 0.3) is 0 Å². The number of hydrogen-bond donors (Lipinski definition) is 3. The molecule has 0 radical (unpaired) electrons. The highest BCUT2D eigenvalue weighted by Gasteiger charge is 2.29. The number of hydroxylamine groups is 2. The number of aliphatic hydroxyl groups excluding tert-OH is 2. The van der Waals surface area contributed by atoms with Crippen LogP contribution < -0.4 is 0 Å². The smallest absolute Gasteiger partial charge is 0.395 e. The van der Waals surface area contributed by atoms with E-state index in [0.29, 0.717) is 6.42 Å². The molecular formula is C10H22NO7P. The Hall–Kier alpha value is -0.500. The second-order valence-electron chi connectivity index (χ2n) is 3.85. The Morgan fingerprint density at radius 2 is 1.79 bits per heavy atom. The predicted molar refractivity (Wildman–Crippen MR) is 66.9 cm³/mol. The summed E-state index contributed by atoms with van der Waals surface area (Å²) >= 11 is 0. The summed E-state index contributed by atoms with van der Waals surface area (Å²) in [5.74, 6) is -0.813. The minimum absolute atomic E-state index is 0.0434. The molecule has 0 rings (SSSR count). The third kappa shape index (κ3) is 10.0. The fraction of sp³-hybridized carbons (Fsp3) is 0.900. The van der Waals surface area contributed by atoms with Gasteiger partial charge in [-0.15, -0.1) is 0 Å². The van der Waals surface area contributed by atoms with Gasteiger partial charge in [-0.25, -0.2) is 4.57 Å². The third-order valence-electron chi connectivity index (χ3n) is 2.12. The van der Waals surface area contributed by atoms with Gasteiger partial charge in [-0.2, -0.15) is 9.69 Å². The summed E-state index contributed by atoms with van der Waals surface area (Å²) in [6.07, 6.45) is 2.36. The molecule has 0 aromatic carbocycles. The Morgan fingerprint density at radius 3 is 2.26 bits per heavy atom.